The number of carbonyl (C=O) groups excluding carboxylic acids is 1. The number of carbonyl (C=O) groups is 1. The Kier molecular flexibility index (Phi) is 4.97. The van der Waals surface area contributed by atoms with Gasteiger partial charge in [-0.1, -0.05) is 12.5 Å². The van der Waals surface area contributed by atoms with Crippen LogP contribution >= 0.6 is 11.3 Å². The second-order valence-corrected chi connectivity index (χ2v) is 8.81. The maximum atomic E-state index is 12.8. The van der Waals surface area contributed by atoms with E-state index in [0.717, 1.165) is 37.0 Å². The molecule has 5 nitrogen and oxygen atoms in total. The third-order valence-corrected chi connectivity index (χ3v) is 7.48. The van der Waals surface area contributed by atoms with E-state index in [4.69, 9.17) is 0 Å². The third-order valence-electron chi connectivity index (χ3n) is 4.48. The predicted molar refractivity (Wildman–Crippen MR) is 87.3 cm³/mol. The fourth-order valence-corrected chi connectivity index (χ4v) is 5.92. The number of hydrogen-bond acceptors (Lipinski definition) is 4. The van der Waals surface area contributed by atoms with Gasteiger partial charge >= 0.3 is 0 Å². The van der Waals surface area contributed by atoms with Crippen LogP contribution in [0.15, 0.2) is 17.5 Å². The molecule has 3 heterocycles. The Morgan fingerprint density at radius 2 is 1.95 bits per heavy atom. The van der Waals surface area contributed by atoms with Crippen molar-refractivity contribution in [3.05, 3.63) is 22.4 Å². The SMILES string of the molecule is O=C(C[C@@H]1CCCN1S(=O)(=O)N1CCCCC1)c1cccs1. The fraction of sp³-hybridized carbons (Fsp3) is 0.667. The lowest BCUT2D eigenvalue weighted by atomic mass is 10.1. The minimum Gasteiger partial charge on any atom is -0.293 e. The van der Waals surface area contributed by atoms with Crippen molar-refractivity contribution < 1.29 is 13.2 Å². The van der Waals surface area contributed by atoms with E-state index in [9.17, 15) is 13.2 Å². The molecular formula is C15H22N2O3S2. The normalized spacial score (nSPS) is 24.6. The lowest BCUT2D eigenvalue weighted by Crippen LogP contribution is -2.48. The number of rotatable bonds is 5. The molecule has 1 aromatic heterocycles. The predicted octanol–water partition coefficient (Wildman–Crippen LogP) is 2.52. The van der Waals surface area contributed by atoms with Gasteiger partial charge in [-0.2, -0.15) is 17.0 Å². The Morgan fingerprint density at radius 3 is 2.64 bits per heavy atom. The smallest absolute Gasteiger partial charge is 0.282 e. The highest BCUT2D eigenvalue weighted by Crippen LogP contribution is 2.28. The fourth-order valence-electron chi connectivity index (χ4n) is 3.31. The van der Waals surface area contributed by atoms with Crippen molar-refractivity contribution in [2.75, 3.05) is 19.6 Å². The van der Waals surface area contributed by atoms with Crippen molar-refractivity contribution in [3.63, 3.8) is 0 Å². The molecule has 0 aromatic carbocycles. The monoisotopic (exact) mass is 342 g/mol. The van der Waals surface area contributed by atoms with Crippen molar-refractivity contribution in [1.82, 2.24) is 8.61 Å². The van der Waals surface area contributed by atoms with Crippen molar-refractivity contribution in [2.45, 2.75) is 44.6 Å². The van der Waals surface area contributed by atoms with Crippen LogP contribution in [-0.4, -0.2) is 48.5 Å². The van der Waals surface area contributed by atoms with Crippen LogP contribution in [0.2, 0.25) is 0 Å². The van der Waals surface area contributed by atoms with Crippen LogP contribution in [0.25, 0.3) is 0 Å². The summed E-state index contributed by atoms with van der Waals surface area (Å²) in [6.07, 6.45) is 4.90. The molecule has 1 atom stereocenters. The third kappa shape index (κ3) is 3.27. The maximum Gasteiger partial charge on any atom is 0.282 e. The van der Waals surface area contributed by atoms with E-state index in [2.05, 4.69) is 0 Å². The van der Waals surface area contributed by atoms with E-state index in [1.54, 1.807) is 8.61 Å². The van der Waals surface area contributed by atoms with Gasteiger partial charge in [0, 0.05) is 32.1 Å². The molecule has 7 heteroatoms. The molecule has 0 saturated carbocycles. The molecule has 22 heavy (non-hydrogen) atoms. The molecule has 1 aromatic rings. The van der Waals surface area contributed by atoms with Gasteiger partial charge < -0.3 is 0 Å². The topological polar surface area (TPSA) is 57.7 Å². The summed E-state index contributed by atoms with van der Waals surface area (Å²) in [5.74, 6) is 0.0562. The van der Waals surface area contributed by atoms with Gasteiger partial charge in [-0.25, -0.2) is 0 Å². The summed E-state index contributed by atoms with van der Waals surface area (Å²) >= 11 is 1.42. The molecule has 2 fully saturated rings. The van der Waals surface area contributed by atoms with E-state index in [1.165, 1.54) is 11.3 Å². The molecule has 2 aliphatic rings. The molecule has 2 saturated heterocycles. The first kappa shape index (κ1) is 16.1. The Bertz CT molecular complexity index is 607. The summed E-state index contributed by atoms with van der Waals surface area (Å²) in [6.45, 7) is 1.77. The second-order valence-electron chi connectivity index (χ2n) is 5.98. The highest BCUT2D eigenvalue weighted by atomic mass is 32.2. The summed E-state index contributed by atoms with van der Waals surface area (Å²) < 4.78 is 28.8. The Labute approximate surface area is 136 Å². The van der Waals surface area contributed by atoms with Crippen molar-refractivity contribution in [2.24, 2.45) is 0 Å². The zero-order chi connectivity index (χ0) is 15.6. The van der Waals surface area contributed by atoms with Crippen LogP contribution in [0.5, 0.6) is 0 Å². The number of nitrogens with zero attached hydrogens (tertiary/aromatic N) is 2. The van der Waals surface area contributed by atoms with Gasteiger partial charge in [0.15, 0.2) is 5.78 Å². The number of thiophene rings is 1. The summed E-state index contributed by atoms with van der Waals surface area (Å²) in [7, 11) is -3.41. The zero-order valence-corrected chi connectivity index (χ0v) is 14.2. The van der Waals surface area contributed by atoms with Gasteiger partial charge in [0.2, 0.25) is 0 Å². The van der Waals surface area contributed by atoms with Gasteiger partial charge in [0.1, 0.15) is 0 Å². The van der Waals surface area contributed by atoms with E-state index in [1.807, 2.05) is 17.5 Å². The summed E-state index contributed by atoms with van der Waals surface area (Å²) in [4.78, 5) is 13.0. The zero-order valence-electron chi connectivity index (χ0n) is 12.6. The van der Waals surface area contributed by atoms with Crippen LogP contribution < -0.4 is 0 Å². The first-order valence-electron chi connectivity index (χ1n) is 7.92. The highest BCUT2D eigenvalue weighted by molar-refractivity contribution is 7.86. The molecule has 0 spiro atoms. The number of hydrogen-bond donors (Lipinski definition) is 0. The molecule has 0 radical (unpaired) electrons. The quantitative estimate of drug-likeness (QED) is 0.773. The number of Topliss-reactive ketones (excluding diaryl/α,β-unsaturated/α-hetero) is 1. The van der Waals surface area contributed by atoms with E-state index in [-0.39, 0.29) is 11.8 Å². The number of ketones is 1. The molecule has 3 rings (SSSR count). The Hall–Kier alpha value is -0.760. The molecular weight excluding hydrogens is 320 g/mol. The summed E-state index contributed by atoms with van der Waals surface area (Å²) in [5.41, 5.74) is 0. The lowest BCUT2D eigenvalue weighted by Gasteiger charge is -2.32. The summed E-state index contributed by atoms with van der Waals surface area (Å²) in [5, 5.41) is 1.88. The molecule has 0 unspecified atom stereocenters. The van der Waals surface area contributed by atoms with Crippen LogP contribution in [-0.2, 0) is 10.2 Å². The molecule has 2 aliphatic heterocycles. The molecule has 122 valence electrons. The first-order chi connectivity index (χ1) is 10.6. The van der Waals surface area contributed by atoms with Crippen LogP contribution in [0.3, 0.4) is 0 Å². The molecule has 0 N–H and O–H groups in total. The largest absolute Gasteiger partial charge is 0.293 e. The van der Waals surface area contributed by atoms with E-state index >= 15 is 0 Å². The van der Waals surface area contributed by atoms with Crippen molar-refractivity contribution in [3.8, 4) is 0 Å². The molecule has 0 bridgehead atoms. The van der Waals surface area contributed by atoms with Crippen molar-refractivity contribution in [1.29, 1.82) is 0 Å². The van der Waals surface area contributed by atoms with Gasteiger partial charge in [0.05, 0.1) is 4.88 Å². The second kappa shape index (κ2) is 6.78. The average molecular weight is 342 g/mol. The van der Waals surface area contributed by atoms with Gasteiger partial charge in [-0.3, -0.25) is 4.79 Å². The van der Waals surface area contributed by atoms with Gasteiger partial charge in [-0.05, 0) is 37.1 Å². The maximum absolute atomic E-state index is 12.8. The molecule has 0 amide bonds. The minimum atomic E-state index is -3.41. The average Bonchev–Trinajstić information content (AvgIpc) is 3.19. The highest BCUT2D eigenvalue weighted by Gasteiger charge is 2.39. The Morgan fingerprint density at radius 1 is 1.18 bits per heavy atom. The Balaban J connectivity index is 1.71. The minimum absolute atomic E-state index is 0.0562. The van der Waals surface area contributed by atoms with Crippen LogP contribution in [0, 0.1) is 0 Å². The van der Waals surface area contributed by atoms with Crippen LogP contribution in [0.4, 0.5) is 0 Å². The molecule has 0 aliphatic carbocycles. The van der Waals surface area contributed by atoms with Crippen LogP contribution in [0.1, 0.15) is 48.2 Å². The summed E-state index contributed by atoms with van der Waals surface area (Å²) in [6, 6.07) is 3.49. The number of piperidine rings is 1. The standard InChI is InChI=1S/C15H22N2O3S2/c18-14(15-7-5-11-21-15)12-13-6-4-10-17(13)22(19,20)16-8-2-1-3-9-16/h5,7,11,13H,1-4,6,8-10,12H2/t13-/m0/s1. The first-order valence-corrected chi connectivity index (χ1v) is 10.2. The van der Waals surface area contributed by atoms with Crippen molar-refractivity contribution >= 4 is 27.3 Å². The lowest BCUT2D eigenvalue weighted by molar-refractivity contribution is 0.0964. The van der Waals surface area contributed by atoms with E-state index < -0.39 is 10.2 Å². The van der Waals surface area contributed by atoms with Gasteiger partial charge in [-0.15, -0.1) is 11.3 Å². The van der Waals surface area contributed by atoms with Gasteiger partial charge in [0.25, 0.3) is 10.2 Å². The van der Waals surface area contributed by atoms with E-state index in [0.29, 0.717) is 26.1 Å².